The van der Waals surface area contributed by atoms with Crippen LogP contribution in [-0.2, 0) is 0 Å². The number of rotatable bonds is 0. The van der Waals surface area contributed by atoms with Crippen LogP contribution in [0.3, 0.4) is 0 Å². The SMILES string of the molecule is c1ccc2c(c1)ccc1c2c2ccoc2c2ccc3ccccc3c21. The Kier molecular flexibility index (Phi) is 2.40. The van der Waals surface area contributed by atoms with Gasteiger partial charge in [-0.25, -0.2) is 0 Å². The van der Waals surface area contributed by atoms with Crippen LogP contribution < -0.4 is 0 Å². The van der Waals surface area contributed by atoms with Crippen LogP contribution in [0, 0.1) is 0 Å². The fourth-order valence-electron chi connectivity index (χ4n) is 4.24. The van der Waals surface area contributed by atoms with E-state index in [0.29, 0.717) is 0 Å². The lowest BCUT2D eigenvalue weighted by atomic mass is 9.91. The summed E-state index contributed by atoms with van der Waals surface area (Å²) in [5, 5.41) is 11.3. The van der Waals surface area contributed by atoms with Crippen LogP contribution in [0.25, 0.3) is 54.1 Å². The van der Waals surface area contributed by atoms with Crippen molar-refractivity contribution in [1.29, 1.82) is 0 Å². The van der Waals surface area contributed by atoms with E-state index in [2.05, 4.69) is 78.9 Å². The molecule has 6 aromatic rings. The first-order valence-corrected chi connectivity index (χ1v) is 8.54. The van der Waals surface area contributed by atoms with E-state index in [4.69, 9.17) is 4.42 Å². The van der Waals surface area contributed by atoms with Crippen molar-refractivity contribution >= 4 is 54.1 Å². The van der Waals surface area contributed by atoms with E-state index < -0.39 is 0 Å². The predicted octanol–water partition coefficient (Wildman–Crippen LogP) is 7.05. The molecular weight excluding hydrogens is 304 g/mol. The van der Waals surface area contributed by atoms with Crippen molar-refractivity contribution in [3.63, 3.8) is 0 Å². The molecule has 6 rings (SSSR count). The van der Waals surface area contributed by atoms with Gasteiger partial charge >= 0.3 is 0 Å². The third kappa shape index (κ3) is 1.62. The number of fused-ring (bicyclic) bond motifs is 10. The molecule has 1 heterocycles. The number of benzene rings is 5. The van der Waals surface area contributed by atoms with Crippen molar-refractivity contribution in [2.75, 3.05) is 0 Å². The Hall–Kier alpha value is -3.32. The van der Waals surface area contributed by atoms with Gasteiger partial charge in [-0.15, -0.1) is 0 Å². The summed E-state index contributed by atoms with van der Waals surface area (Å²) in [5.74, 6) is 0. The molecule has 0 N–H and O–H groups in total. The Bertz CT molecular complexity index is 1440. The molecule has 0 aliphatic heterocycles. The van der Waals surface area contributed by atoms with Crippen LogP contribution in [0.4, 0.5) is 0 Å². The molecule has 0 radical (unpaired) electrons. The van der Waals surface area contributed by atoms with Crippen LogP contribution in [0.1, 0.15) is 0 Å². The van der Waals surface area contributed by atoms with E-state index >= 15 is 0 Å². The van der Waals surface area contributed by atoms with E-state index in [0.717, 1.165) is 5.58 Å². The van der Waals surface area contributed by atoms with Gasteiger partial charge in [0.05, 0.1) is 6.26 Å². The van der Waals surface area contributed by atoms with Crippen molar-refractivity contribution in [1.82, 2.24) is 0 Å². The summed E-state index contributed by atoms with van der Waals surface area (Å²) in [6.45, 7) is 0. The number of furan rings is 1. The van der Waals surface area contributed by atoms with Gasteiger partial charge in [0, 0.05) is 21.5 Å². The molecule has 0 fully saturated rings. The van der Waals surface area contributed by atoms with E-state index in [1.165, 1.54) is 48.5 Å². The zero-order chi connectivity index (χ0) is 16.4. The van der Waals surface area contributed by atoms with Gasteiger partial charge in [-0.1, -0.05) is 66.7 Å². The topological polar surface area (TPSA) is 13.1 Å². The van der Waals surface area contributed by atoms with Crippen molar-refractivity contribution in [3.8, 4) is 0 Å². The highest BCUT2D eigenvalue weighted by Crippen LogP contribution is 2.41. The molecule has 0 atom stereocenters. The first-order chi connectivity index (χ1) is 12.4. The molecule has 1 aromatic heterocycles. The standard InChI is InChI=1S/C24H14O/c1-4-8-18-15(5-1)9-11-19-22-17-7-3-2-6-16(17)10-12-20(22)24-21(23(18)19)13-14-25-24/h1-14H. The Morgan fingerprint density at radius 2 is 1.00 bits per heavy atom. The molecule has 1 nitrogen and oxygen atoms in total. The summed E-state index contributed by atoms with van der Waals surface area (Å²) in [6.07, 6.45) is 1.81. The average molecular weight is 318 g/mol. The molecule has 0 saturated carbocycles. The van der Waals surface area contributed by atoms with Crippen LogP contribution in [0.2, 0.25) is 0 Å². The first-order valence-electron chi connectivity index (χ1n) is 8.54. The lowest BCUT2D eigenvalue weighted by Gasteiger charge is -2.11. The highest BCUT2D eigenvalue weighted by Gasteiger charge is 2.15. The van der Waals surface area contributed by atoms with E-state index in [9.17, 15) is 0 Å². The number of hydrogen-bond acceptors (Lipinski definition) is 1. The second kappa shape index (κ2) is 4.61. The number of hydrogen-bond donors (Lipinski definition) is 0. The van der Waals surface area contributed by atoms with Gasteiger partial charge < -0.3 is 4.42 Å². The summed E-state index contributed by atoms with van der Waals surface area (Å²) >= 11 is 0. The third-order valence-electron chi connectivity index (χ3n) is 5.31. The molecule has 0 aliphatic carbocycles. The van der Waals surface area contributed by atoms with Gasteiger partial charge in [0.1, 0.15) is 5.58 Å². The van der Waals surface area contributed by atoms with Gasteiger partial charge in [0.2, 0.25) is 0 Å². The van der Waals surface area contributed by atoms with Crippen LogP contribution in [-0.4, -0.2) is 0 Å². The molecule has 0 saturated heterocycles. The monoisotopic (exact) mass is 318 g/mol. The second-order valence-electron chi connectivity index (χ2n) is 6.58. The highest BCUT2D eigenvalue weighted by molar-refractivity contribution is 6.34. The van der Waals surface area contributed by atoms with Crippen LogP contribution >= 0.6 is 0 Å². The van der Waals surface area contributed by atoms with Gasteiger partial charge in [0.25, 0.3) is 0 Å². The van der Waals surface area contributed by atoms with E-state index in [1.54, 1.807) is 6.26 Å². The summed E-state index contributed by atoms with van der Waals surface area (Å²) in [5.41, 5.74) is 0.976. The molecule has 0 unspecified atom stereocenters. The van der Waals surface area contributed by atoms with Gasteiger partial charge in [-0.3, -0.25) is 0 Å². The zero-order valence-corrected chi connectivity index (χ0v) is 13.5. The summed E-state index contributed by atoms with van der Waals surface area (Å²) in [6, 6.07) is 28.1. The van der Waals surface area contributed by atoms with Crippen LogP contribution in [0.5, 0.6) is 0 Å². The molecule has 25 heavy (non-hydrogen) atoms. The normalized spacial score (nSPS) is 12.0. The van der Waals surface area contributed by atoms with Crippen molar-refractivity contribution in [2.45, 2.75) is 0 Å². The quantitative estimate of drug-likeness (QED) is 0.274. The Balaban J connectivity index is 2.06. The average Bonchev–Trinajstić information content (AvgIpc) is 3.17. The van der Waals surface area contributed by atoms with Gasteiger partial charge in [-0.05, 0) is 39.1 Å². The summed E-state index contributed by atoms with van der Waals surface area (Å²) in [7, 11) is 0. The fraction of sp³-hybridized carbons (Fsp3) is 0. The second-order valence-corrected chi connectivity index (χ2v) is 6.58. The summed E-state index contributed by atoms with van der Waals surface area (Å²) in [4.78, 5) is 0. The summed E-state index contributed by atoms with van der Waals surface area (Å²) < 4.78 is 5.94. The maximum absolute atomic E-state index is 5.94. The first kappa shape index (κ1) is 13.0. The minimum atomic E-state index is 0.976. The largest absolute Gasteiger partial charge is 0.464 e. The van der Waals surface area contributed by atoms with Crippen molar-refractivity contribution in [3.05, 3.63) is 85.1 Å². The predicted molar refractivity (Wildman–Crippen MR) is 106 cm³/mol. The minimum Gasteiger partial charge on any atom is -0.464 e. The maximum Gasteiger partial charge on any atom is 0.142 e. The lowest BCUT2D eigenvalue weighted by Crippen LogP contribution is -1.84. The van der Waals surface area contributed by atoms with E-state index in [1.807, 2.05) is 0 Å². The third-order valence-corrected chi connectivity index (χ3v) is 5.31. The zero-order valence-electron chi connectivity index (χ0n) is 13.5. The maximum atomic E-state index is 5.94. The van der Waals surface area contributed by atoms with Crippen molar-refractivity contribution < 1.29 is 4.42 Å². The molecule has 1 heteroatoms. The fourth-order valence-corrected chi connectivity index (χ4v) is 4.24. The van der Waals surface area contributed by atoms with E-state index in [-0.39, 0.29) is 0 Å². The Morgan fingerprint density at radius 1 is 0.440 bits per heavy atom. The van der Waals surface area contributed by atoms with Gasteiger partial charge in [0.15, 0.2) is 0 Å². The smallest absolute Gasteiger partial charge is 0.142 e. The minimum absolute atomic E-state index is 0.976. The highest BCUT2D eigenvalue weighted by atomic mass is 16.3. The molecule has 0 aliphatic rings. The molecule has 0 amide bonds. The molecule has 0 bridgehead atoms. The van der Waals surface area contributed by atoms with Crippen LogP contribution in [0.15, 0.2) is 89.5 Å². The Morgan fingerprint density at radius 3 is 1.68 bits per heavy atom. The van der Waals surface area contributed by atoms with Crippen molar-refractivity contribution in [2.24, 2.45) is 0 Å². The molecule has 5 aromatic carbocycles. The lowest BCUT2D eigenvalue weighted by molar-refractivity contribution is 0.619. The Labute approximate surface area is 144 Å². The molecule has 0 spiro atoms. The molecule has 116 valence electrons. The molecular formula is C24H14O. The van der Waals surface area contributed by atoms with Gasteiger partial charge in [-0.2, -0.15) is 0 Å².